The molecule has 1 aromatic heterocycles. The number of amides is 2. The lowest BCUT2D eigenvalue weighted by Gasteiger charge is -2.33. The standard InChI is InChI=1S/C17H17F2N3O3/c1-9-13(15(16(18)19)25-22-9)17(24)20-11-7-8-12(23)21-14(11)10-5-3-2-4-6-10/h2-6,11,14,16H,7-8H2,1H3,(H,20,24)(H,21,23)/t11-,14+/m1/s1. The SMILES string of the molecule is Cc1noc(C(F)F)c1C(=O)N[C@@H]1CCC(=O)N[C@H]1c1ccccc1. The molecule has 0 saturated carbocycles. The number of nitrogens with one attached hydrogen (secondary N) is 2. The highest BCUT2D eigenvalue weighted by Crippen LogP contribution is 2.27. The Bertz CT molecular complexity index is 777. The molecule has 0 bridgehead atoms. The molecule has 0 radical (unpaired) electrons. The first-order valence-corrected chi connectivity index (χ1v) is 7.87. The van der Waals surface area contributed by atoms with Gasteiger partial charge in [0.15, 0.2) is 0 Å². The van der Waals surface area contributed by atoms with Crippen LogP contribution >= 0.6 is 0 Å². The summed E-state index contributed by atoms with van der Waals surface area (Å²) in [7, 11) is 0. The number of hydrogen-bond acceptors (Lipinski definition) is 4. The van der Waals surface area contributed by atoms with Gasteiger partial charge in [-0.15, -0.1) is 0 Å². The van der Waals surface area contributed by atoms with Crippen molar-refractivity contribution in [2.24, 2.45) is 0 Å². The molecule has 1 aliphatic heterocycles. The minimum atomic E-state index is -2.93. The first-order valence-electron chi connectivity index (χ1n) is 7.87. The minimum absolute atomic E-state index is 0.101. The van der Waals surface area contributed by atoms with Gasteiger partial charge in [-0.3, -0.25) is 9.59 Å². The van der Waals surface area contributed by atoms with Crippen molar-refractivity contribution in [3.63, 3.8) is 0 Å². The lowest BCUT2D eigenvalue weighted by atomic mass is 9.91. The van der Waals surface area contributed by atoms with Gasteiger partial charge in [-0.25, -0.2) is 8.78 Å². The fraction of sp³-hybridized carbons (Fsp3) is 0.353. The number of alkyl halides is 2. The molecule has 2 N–H and O–H groups in total. The summed E-state index contributed by atoms with van der Waals surface area (Å²) < 4.78 is 30.6. The van der Waals surface area contributed by atoms with Crippen LogP contribution in [0.4, 0.5) is 8.78 Å². The Labute approximate surface area is 142 Å². The van der Waals surface area contributed by atoms with Crippen molar-refractivity contribution in [3.8, 4) is 0 Å². The van der Waals surface area contributed by atoms with E-state index in [2.05, 4.69) is 20.3 Å². The van der Waals surface area contributed by atoms with Crippen molar-refractivity contribution in [2.75, 3.05) is 0 Å². The first-order chi connectivity index (χ1) is 12.0. The molecule has 2 amide bonds. The van der Waals surface area contributed by atoms with Crippen LogP contribution in [0, 0.1) is 6.92 Å². The molecule has 0 spiro atoms. The predicted molar refractivity (Wildman–Crippen MR) is 84.0 cm³/mol. The van der Waals surface area contributed by atoms with Crippen LogP contribution in [0.5, 0.6) is 0 Å². The Kier molecular flexibility index (Phi) is 4.78. The summed E-state index contributed by atoms with van der Waals surface area (Å²) in [5.74, 6) is -1.55. The van der Waals surface area contributed by atoms with Crippen LogP contribution < -0.4 is 10.6 Å². The monoisotopic (exact) mass is 349 g/mol. The topological polar surface area (TPSA) is 84.2 Å². The first kappa shape index (κ1) is 17.1. The maximum Gasteiger partial charge on any atom is 0.298 e. The second kappa shape index (κ2) is 7.00. The number of hydrogen-bond donors (Lipinski definition) is 2. The number of rotatable bonds is 4. The third-order valence-electron chi connectivity index (χ3n) is 4.19. The largest absolute Gasteiger partial charge is 0.354 e. The van der Waals surface area contributed by atoms with Crippen LogP contribution in [0.25, 0.3) is 0 Å². The van der Waals surface area contributed by atoms with E-state index in [1.54, 1.807) is 0 Å². The number of aryl methyl sites for hydroxylation is 1. The third-order valence-corrected chi connectivity index (χ3v) is 4.19. The number of halogens is 2. The number of carbonyl (C=O) groups excluding carboxylic acids is 2. The lowest BCUT2D eigenvalue weighted by Crippen LogP contribution is -2.50. The molecule has 6 nitrogen and oxygen atoms in total. The van der Waals surface area contributed by atoms with Gasteiger partial charge < -0.3 is 15.2 Å². The van der Waals surface area contributed by atoms with E-state index < -0.39 is 30.2 Å². The third kappa shape index (κ3) is 3.52. The Morgan fingerprint density at radius 2 is 2.08 bits per heavy atom. The van der Waals surface area contributed by atoms with Crippen LogP contribution in [0.3, 0.4) is 0 Å². The average Bonchev–Trinajstić information content (AvgIpc) is 2.99. The van der Waals surface area contributed by atoms with Crippen LogP contribution in [-0.2, 0) is 4.79 Å². The highest BCUT2D eigenvalue weighted by Gasteiger charge is 2.34. The Morgan fingerprint density at radius 3 is 2.76 bits per heavy atom. The zero-order valence-electron chi connectivity index (χ0n) is 13.5. The van der Waals surface area contributed by atoms with Crippen LogP contribution in [0.15, 0.2) is 34.9 Å². The van der Waals surface area contributed by atoms with Gasteiger partial charge in [0.1, 0.15) is 5.56 Å². The molecule has 2 heterocycles. The summed E-state index contributed by atoms with van der Waals surface area (Å²) in [4.78, 5) is 24.3. The van der Waals surface area contributed by atoms with Crippen molar-refractivity contribution >= 4 is 11.8 Å². The van der Waals surface area contributed by atoms with E-state index in [0.29, 0.717) is 6.42 Å². The quantitative estimate of drug-likeness (QED) is 0.889. The summed E-state index contributed by atoms with van der Waals surface area (Å²) in [5.41, 5.74) is 0.680. The molecule has 8 heteroatoms. The van der Waals surface area contributed by atoms with E-state index in [1.165, 1.54) is 6.92 Å². The Hall–Kier alpha value is -2.77. The number of aromatic nitrogens is 1. The van der Waals surface area contributed by atoms with E-state index >= 15 is 0 Å². The molecule has 1 fully saturated rings. The molecule has 1 saturated heterocycles. The van der Waals surface area contributed by atoms with E-state index in [-0.39, 0.29) is 23.6 Å². The fourth-order valence-corrected chi connectivity index (χ4v) is 2.98. The van der Waals surface area contributed by atoms with Crippen LogP contribution in [0.2, 0.25) is 0 Å². The van der Waals surface area contributed by atoms with Crippen molar-refractivity contribution < 1.29 is 22.9 Å². The summed E-state index contributed by atoms with van der Waals surface area (Å²) in [6.45, 7) is 1.43. The molecule has 132 valence electrons. The zero-order valence-corrected chi connectivity index (χ0v) is 13.5. The maximum absolute atomic E-state index is 13.0. The second-order valence-electron chi connectivity index (χ2n) is 5.88. The highest BCUT2D eigenvalue weighted by molar-refractivity contribution is 5.96. The number of benzene rings is 1. The van der Waals surface area contributed by atoms with E-state index in [9.17, 15) is 18.4 Å². The molecular formula is C17H17F2N3O3. The Balaban J connectivity index is 1.84. The van der Waals surface area contributed by atoms with Gasteiger partial charge in [0.25, 0.3) is 12.3 Å². The summed E-state index contributed by atoms with van der Waals surface area (Å²) in [5, 5.41) is 9.04. The molecule has 0 aliphatic carbocycles. The second-order valence-corrected chi connectivity index (χ2v) is 5.88. The summed E-state index contributed by atoms with van der Waals surface area (Å²) in [6.07, 6.45) is -2.28. The van der Waals surface area contributed by atoms with E-state index in [0.717, 1.165) is 5.56 Å². The summed E-state index contributed by atoms with van der Waals surface area (Å²) in [6, 6.07) is 8.32. The number of piperidine rings is 1. The Morgan fingerprint density at radius 1 is 1.36 bits per heavy atom. The molecule has 25 heavy (non-hydrogen) atoms. The van der Waals surface area contributed by atoms with Gasteiger partial charge in [0, 0.05) is 6.42 Å². The van der Waals surface area contributed by atoms with Crippen molar-refractivity contribution in [1.29, 1.82) is 0 Å². The molecule has 2 aromatic rings. The highest BCUT2D eigenvalue weighted by atomic mass is 19.3. The van der Waals surface area contributed by atoms with Gasteiger partial charge in [-0.05, 0) is 18.9 Å². The van der Waals surface area contributed by atoms with Gasteiger partial charge in [-0.1, -0.05) is 35.5 Å². The molecule has 3 rings (SSSR count). The zero-order chi connectivity index (χ0) is 18.0. The van der Waals surface area contributed by atoms with Crippen molar-refractivity contribution in [2.45, 2.75) is 38.3 Å². The maximum atomic E-state index is 13.0. The molecule has 0 unspecified atom stereocenters. The van der Waals surface area contributed by atoms with Crippen molar-refractivity contribution in [3.05, 3.63) is 52.9 Å². The molecule has 2 atom stereocenters. The van der Waals surface area contributed by atoms with Crippen molar-refractivity contribution in [1.82, 2.24) is 15.8 Å². The molecule has 1 aromatic carbocycles. The minimum Gasteiger partial charge on any atom is -0.354 e. The van der Waals surface area contributed by atoms with E-state index in [4.69, 9.17) is 0 Å². The predicted octanol–water partition coefficient (Wildman–Crippen LogP) is 2.67. The van der Waals surface area contributed by atoms with E-state index in [1.807, 2.05) is 30.3 Å². The number of carbonyl (C=O) groups is 2. The van der Waals surface area contributed by atoms with Gasteiger partial charge >= 0.3 is 0 Å². The normalized spacial score (nSPS) is 20.4. The van der Waals surface area contributed by atoms with Crippen LogP contribution in [-0.4, -0.2) is 23.0 Å². The smallest absolute Gasteiger partial charge is 0.298 e. The summed E-state index contributed by atoms with van der Waals surface area (Å²) >= 11 is 0. The number of nitrogens with zero attached hydrogens (tertiary/aromatic N) is 1. The molecule has 1 aliphatic rings. The fourth-order valence-electron chi connectivity index (χ4n) is 2.98. The van der Waals surface area contributed by atoms with Gasteiger partial charge in [-0.2, -0.15) is 0 Å². The van der Waals surface area contributed by atoms with Gasteiger partial charge in [0.05, 0.1) is 17.8 Å². The van der Waals surface area contributed by atoms with Crippen LogP contribution in [0.1, 0.15) is 52.7 Å². The lowest BCUT2D eigenvalue weighted by molar-refractivity contribution is -0.123. The average molecular weight is 349 g/mol. The molecular weight excluding hydrogens is 332 g/mol. The van der Waals surface area contributed by atoms with Gasteiger partial charge in [0.2, 0.25) is 11.7 Å².